The molecule has 0 aliphatic carbocycles. The van der Waals surface area contributed by atoms with E-state index in [2.05, 4.69) is 22.1 Å². The Morgan fingerprint density at radius 2 is 2.00 bits per heavy atom. The SMILES string of the molecule is CCn1ncc(-c2cc(C(=O)N3CCCCC3CCN3CCCC3)no2)c1C. The minimum Gasteiger partial charge on any atom is -0.355 e. The maximum Gasteiger partial charge on any atom is 0.276 e. The third-order valence-electron chi connectivity index (χ3n) is 6.26. The molecule has 0 radical (unpaired) electrons. The van der Waals surface area contributed by atoms with Gasteiger partial charge in [-0.3, -0.25) is 9.48 Å². The maximum atomic E-state index is 13.2. The predicted molar refractivity (Wildman–Crippen MR) is 107 cm³/mol. The van der Waals surface area contributed by atoms with Crippen LogP contribution in [0.1, 0.15) is 61.6 Å². The molecule has 7 nitrogen and oxygen atoms in total. The van der Waals surface area contributed by atoms with Gasteiger partial charge in [-0.05, 0) is 65.5 Å². The van der Waals surface area contributed by atoms with E-state index < -0.39 is 0 Å². The molecule has 2 aliphatic heterocycles. The molecule has 4 heterocycles. The Morgan fingerprint density at radius 3 is 2.75 bits per heavy atom. The lowest BCUT2D eigenvalue weighted by atomic mass is 9.98. The molecule has 2 aromatic heterocycles. The fourth-order valence-corrected chi connectivity index (χ4v) is 4.56. The first-order valence-electron chi connectivity index (χ1n) is 10.7. The van der Waals surface area contributed by atoms with Crippen molar-refractivity contribution in [3.63, 3.8) is 0 Å². The highest BCUT2D eigenvalue weighted by molar-refractivity contribution is 5.93. The van der Waals surface area contributed by atoms with Gasteiger partial charge in [-0.15, -0.1) is 0 Å². The van der Waals surface area contributed by atoms with Crippen molar-refractivity contribution in [1.29, 1.82) is 0 Å². The van der Waals surface area contributed by atoms with Crippen LogP contribution in [0, 0.1) is 6.92 Å². The Hall–Kier alpha value is -2.15. The lowest BCUT2D eigenvalue weighted by Crippen LogP contribution is -2.45. The van der Waals surface area contributed by atoms with E-state index in [0.29, 0.717) is 17.5 Å². The summed E-state index contributed by atoms with van der Waals surface area (Å²) < 4.78 is 7.43. The van der Waals surface area contributed by atoms with E-state index >= 15 is 0 Å². The molecule has 0 aromatic carbocycles. The molecule has 2 fully saturated rings. The van der Waals surface area contributed by atoms with Crippen LogP contribution in [-0.4, -0.2) is 62.9 Å². The summed E-state index contributed by atoms with van der Waals surface area (Å²) >= 11 is 0. The highest BCUT2D eigenvalue weighted by Gasteiger charge is 2.30. The summed E-state index contributed by atoms with van der Waals surface area (Å²) in [6, 6.07) is 2.09. The molecule has 28 heavy (non-hydrogen) atoms. The van der Waals surface area contributed by atoms with Crippen molar-refractivity contribution in [2.24, 2.45) is 0 Å². The maximum absolute atomic E-state index is 13.2. The summed E-state index contributed by atoms with van der Waals surface area (Å²) in [4.78, 5) is 17.7. The van der Waals surface area contributed by atoms with Gasteiger partial charge >= 0.3 is 0 Å². The molecule has 0 bridgehead atoms. The van der Waals surface area contributed by atoms with E-state index in [4.69, 9.17) is 4.52 Å². The van der Waals surface area contributed by atoms with Crippen molar-refractivity contribution in [3.8, 4) is 11.3 Å². The molecular formula is C21H31N5O2. The average Bonchev–Trinajstić information content (AvgIpc) is 3.47. The summed E-state index contributed by atoms with van der Waals surface area (Å²) in [5.41, 5.74) is 2.34. The second-order valence-electron chi connectivity index (χ2n) is 8.02. The number of hydrogen-bond donors (Lipinski definition) is 0. The standard InChI is InChI=1S/C21H31N5O2/c1-3-26-16(2)18(15-22-26)20-14-19(23-28-20)21(27)25-12-5-4-8-17(25)9-13-24-10-6-7-11-24/h14-15,17H,3-13H2,1-2H3. The second kappa shape index (κ2) is 8.47. The summed E-state index contributed by atoms with van der Waals surface area (Å²) in [5, 5.41) is 8.46. The van der Waals surface area contributed by atoms with Crippen LogP contribution < -0.4 is 0 Å². The fraction of sp³-hybridized carbons (Fsp3) is 0.667. The lowest BCUT2D eigenvalue weighted by molar-refractivity contribution is 0.0577. The van der Waals surface area contributed by atoms with E-state index in [-0.39, 0.29) is 5.91 Å². The summed E-state index contributed by atoms with van der Waals surface area (Å²) in [5.74, 6) is 0.618. The van der Waals surface area contributed by atoms with Crippen molar-refractivity contribution in [3.05, 3.63) is 23.7 Å². The van der Waals surface area contributed by atoms with E-state index in [9.17, 15) is 4.79 Å². The molecule has 152 valence electrons. The van der Waals surface area contributed by atoms with Crippen LogP contribution in [0.4, 0.5) is 0 Å². The number of aromatic nitrogens is 3. The van der Waals surface area contributed by atoms with Crippen molar-refractivity contribution in [1.82, 2.24) is 24.7 Å². The lowest BCUT2D eigenvalue weighted by Gasteiger charge is -2.36. The third-order valence-corrected chi connectivity index (χ3v) is 6.26. The molecule has 2 aromatic rings. The molecule has 1 atom stereocenters. The number of aryl methyl sites for hydroxylation is 1. The number of carbonyl (C=O) groups excluding carboxylic acids is 1. The van der Waals surface area contributed by atoms with E-state index in [1.54, 1.807) is 12.3 Å². The van der Waals surface area contributed by atoms with Crippen molar-refractivity contribution < 1.29 is 9.32 Å². The second-order valence-corrected chi connectivity index (χ2v) is 8.02. The molecule has 0 spiro atoms. The summed E-state index contributed by atoms with van der Waals surface area (Å²) in [6.45, 7) is 9.19. The van der Waals surface area contributed by atoms with Gasteiger partial charge in [0.15, 0.2) is 11.5 Å². The van der Waals surface area contributed by atoms with Gasteiger partial charge in [0.1, 0.15) is 0 Å². The number of nitrogens with zero attached hydrogens (tertiary/aromatic N) is 5. The number of hydrogen-bond acceptors (Lipinski definition) is 5. The Labute approximate surface area is 166 Å². The summed E-state index contributed by atoms with van der Waals surface area (Å²) in [6.07, 6.45) is 8.82. The Kier molecular flexibility index (Phi) is 5.80. The topological polar surface area (TPSA) is 67.4 Å². The van der Waals surface area contributed by atoms with E-state index in [0.717, 1.165) is 50.2 Å². The van der Waals surface area contributed by atoms with Crippen LogP contribution in [0.3, 0.4) is 0 Å². The zero-order valence-electron chi connectivity index (χ0n) is 17.1. The number of carbonyl (C=O) groups is 1. The highest BCUT2D eigenvalue weighted by Crippen LogP contribution is 2.27. The first-order chi connectivity index (χ1) is 13.7. The smallest absolute Gasteiger partial charge is 0.276 e. The zero-order chi connectivity index (χ0) is 19.5. The van der Waals surface area contributed by atoms with Crippen molar-refractivity contribution in [2.75, 3.05) is 26.2 Å². The zero-order valence-corrected chi connectivity index (χ0v) is 17.1. The molecular weight excluding hydrogens is 354 g/mol. The van der Waals surface area contributed by atoms with Crippen LogP contribution in [0.2, 0.25) is 0 Å². The van der Waals surface area contributed by atoms with Crippen LogP contribution >= 0.6 is 0 Å². The number of likely N-dealkylation sites (tertiary alicyclic amines) is 2. The minimum atomic E-state index is 0.00154. The van der Waals surface area contributed by atoms with Gasteiger partial charge in [0.25, 0.3) is 5.91 Å². The third kappa shape index (κ3) is 3.85. The number of piperidine rings is 1. The fourth-order valence-electron chi connectivity index (χ4n) is 4.56. The molecule has 7 heteroatoms. The van der Waals surface area contributed by atoms with Gasteiger partial charge in [-0.1, -0.05) is 5.16 Å². The Morgan fingerprint density at radius 1 is 1.21 bits per heavy atom. The molecule has 0 saturated carbocycles. The van der Waals surface area contributed by atoms with Gasteiger partial charge in [-0.25, -0.2) is 0 Å². The monoisotopic (exact) mass is 385 g/mol. The molecule has 0 N–H and O–H groups in total. The van der Waals surface area contributed by atoms with Crippen LogP contribution in [0.15, 0.2) is 16.8 Å². The first kappa shape index (κ1) is 19.2. The average molecular weight is 386 g/mol. The quantitative estimate of drug-likeness (QED) is 0.763. The molecule has 1 unspecified atom stereocenters. The largest absolute Gasteiger partial charge is 0.355 e. The predicted octanol–water partition coefficient (Wildman–Crippen LogP) is 3.35. The molecule has 4 rings (SSSR count). The van der Waals surface area contributed by atoms with Gasteiger partial charge < -0.3 is 14.3 Å². The van der Waals surface area contributed by atoms with Gasteiger partial charge in [0.05, 0.1) is 11.8 Å². The highest BCUT2D eigenvalue weighted by atomic mass is 16.5. The Balaban J connectivity index is 1.46. The van der Waals surface area contributed by atoms with Gasteiger partial charge in [0.2, 0.25) is 0 Å². The van der Waals surface area contributed by atoms with Gasteiger partial charge in [0, 0.05) is 37.4 Å². The number of amides is 1. The first-order valence-corrected chi connectivity index (χ1v) is 10.7. The van der Waals surface area contributed by atoms with Crippen LogP contribution in [0.5, 0.6) is 0 Å². The summed E-state index contributed by atoms with van der Waals surface area (Å²) in [7, 11) is 0. The minimum absolute atomic E-state index is 0.00154. The molecule has 1 amide bonds. The Bertz CT molecular complexity index is 806. The van der Waals surface area contributed by atoms with Crippen LogP contribution in [0.25, 0.3) is 11.3 Å². The van der Waals surface area contributed by atoms with Crippen molar-refractivity contribution >= 4 is 5.91 Å². The number of rotatable bonds is 6. The normalized spacial score (nSPS) is 20.8. The molecule has 2 saturated heterocycles. The van der Waals surface area contributed by atoms with Crippen LogP contribution in [-0.2, 0) is 6.54 Å². The van der Waals surface area contributed by atoms with E-state index in [1.165, 1.54) is 32.4 Å². The van der Waals surface area contributed by atoms with Gasteiger partial charge in [-0.2, -0.15) is 5.10 Å². The van der Waals surface area contributed by atoms with Crippen molar-refractivity contribution in [2.45, 2.75) is 65.0 Å². The molecule has 2 aliphatic rings. The van der Waals surface area contributed by atoms with E-state index in [1.807, 2.05) is 16.5 Å².